The van der Waals surface area contributed by atoms with E-state index in [4.69, 9.17) is 4.74 Å². The highest BCUT2D eigenvalue weighted by atomic mass is 79.9. The second kappa shape index (κ2) is 8.62. The molecule has 1 aliphatic rings. The Labute approximate surface area is 134 Å². The molecule has 0 saturated carbocycles. The molecule has 2 N–H and O–H groups in total. The van der Waals surface area contributed by atoms with Gasteiger partial charge in [0.05, 0.1) is 12.5 Å². The Morgan fingerprint density at radius 2 is 2.35 bits per heavy atom. The van der Waals surface area contributed by atoms with E-state index in [0.29, 0.717) is 6.61 Å². The van der Waals surface area contributed by atoms with Gasteiger partial charge in [-0.05, 0) is 31.5 Å². The molecule has 1 atom stereocenters. The van der Waals surface area contributed by atoms with E-state index in [-0.39, 0.29) is 24.2 Å². The maximum absolute atomic E-state index is 12.2. The lowest BCUT2D eigenvalue weighted by atomic mass is 9.98. The molecule has 4 nitrogen and oxygen atoms in total. The van der Waals surface area contributed by atoms with E-state index < -0.39 is 0 Å². The third kappa shape index (κ3) is 4.45. The molecule has 1 aromatic carbocycles. The van der Waals surface area contributed by atoms with Gasteiger partial charge in [-0.15, -0.1) is 12.4 Å². The molecule has 1 aromatic rings. The first-order chi connectivity index (χ1) is 9.22. The van der Waals surface area contributed by atoms with Crippen LogP contribution in [0, 0.1) is 5.92 Å². The van der Waals surface area contributed by atoms with E-state index in [2.05, 4.69) is 26.6 Å². The average molecular weight is 364 g/mol. The lowest BCUT2D eigenvalue weighted by molar-refractivity contribution is -0.120. The summed E-state index contributed by atoms with van der Waals surface area (Å²) in [4.78, 5) is 12.2. The summed E-state index contributed by atoms with van der Waals surface area (Å²) < 4.78 is 6.14. The minimum Gasteiger partial charge on any atom is -0.380 e. The molecule has 1 fully saturated rings. The summed E-state index contributed by atoms with van der Waals surface area (Å²) in [7, 11) is 1.65. The summed E-state index contributed by atoms with van der Waals surface area (Å²) in [6.07, 6.45) is 2.01. The Hall–Kier alpha value is -0.620. The van der Waals surface area contributed by atoms with E-state index in [1.54, 1.807) is 7.11 Å². The SMILES string of the molecule is COCc1c(Br)cccc1NC(=O)C1CCCNC1.Cl. The maximum atomic E-state index is 12.2. The highest BCUT2D eigenvalue weighted by molar-refractivity contribution is 9.10. The van der Waals surface area contributed by atoms with Crippen molar-refractivity contribution in [1.82, 2.24) is 5.32 Å². The van der Waals surface area contributed by atoms with Crippen molar-refractivity contribution in [1.29, 1.82) is 0 Å². The van der Waals surface area contributed by atoms with E-state index >= 15 is 0 Å². The Morgan fingerprint density at radius 1 is 1.55 bits per heavy atom. The van der Waals surface area contributed by atoms with Gasteiger partial charge >= 0.3 is 0 Å². The molecule has 1 saturated heterocycles. The highest BCUT2D eigenvalue weighted by Crippen LogP contribution is 2.26. The lowest BCUT2D eigenvalue weighted by Gasteiger charge is -2.22. The smallest absolute Gasteiger partial charge is 0.228 e. The van der Waals surface area contributed by atoms with Gasteiger partial charge in [-0.25, -0.2) is 0 Å². The number of ether oxygens (including phenoxy) is 1. The van der Waals surface area contributed by atoms with E-state index in [0.717, 1.165) is 41.7 Å². The molecular formula is C14H20BrClN2O2. The maximum Gasteiger partial charge on any atom is 0.228 e. The van der Waals surface area contributed by atoms with Crippen molar-refractivity contribution in [3.63, 3.8) is 0 Å². The topological polar surface area (TPSA) is 50.4 Å². The number of carbonyl (C=O) groups is 1. The van der Waals surface area contributed by atoms with Gasteiger partial charge in [0.25, 0.3) is 0 Å². The van der Waals surface area contributed by atoms with Crippen LogP contribution in [-0.2, 0) is 16.1 Å². The van der Waals surface area contributed by atoms with Gasteiger partial charge in [-0.3, -0.25) is 4.79 Å². The number of benzene rings is 1. The fourth-order valence-corrected chi connectivity index (χ4v) is 2.76. The van der Waals surface area contributed by atoms with Crippen molar-refractivity contribution < 1.29 is 9.53 Å². The van der Waals surface area contributed by atoms with Crippen LogP contribution < -0.4 is 10.6 Å². The first kappa shape index (κ1) is 17.4. The van der Waals surface area contributed by atoms with E-state index in [9.17, 15) is 4.79 Å². The molecule has 6 heteroatoms. The molecule has 0 aliphatic carbocycles. The fraction of sp³-hybridized carbons (Fsp3) is 0.500. The van der Waals surface area contributed by atoms with Crippen molar-refractivity contribution in [3.8, 4) is 0 Å². The van der Waals surface area contributed by atoms with E-state index in [1.165, 1.54) is 0 Å². The van der Waals surface area contributed by atoms with Crippen LogP contribution in [0.1, 0.15) is 18.4 Å². The van der Waals surface area contributed by atoms with Gasteiger partial charge in [0.15, 0.2) is 0 Å². The van der Waals surface area contributed by atoms with E-state index in [1.807, 2.05) is 18.2 Å². The molecule has 1 amide bonds. The standard InChI is InChI=1S/C14H19BrN2O2.ClH/c1-19-9-11-12(15)5-2-6-13(11)17-14(18)10-4-3-7-16-8-10;/h2,5-6,10,16H,3-4,7-9H2,1H3,(H,17,18);1H. The summed E-state index contributed by atoms with van der Waals surface area (Å²) >= 11 is 3.49. The number of nitrogens with one attached hydrogen (secondary N) is 2. The normalized spacial score (nSPS) is 18.2. The Bertz CT molecular complexity index is 451. The summed E-state index contributed by atoms with van der Waals surface area (Å²) in [5.74, 6) is 0.144. The van der Waals surface area contributed by atoms with Crippen molar-refractivity contribution in [2.75, 3.05) is 25.5 Å². The fourth-order valence-electron chi connectivity index (χ4n) is 2.28. The van der Waals surface area contributed by atoms with Crippen LogP contribution in [0.3, 0.4) is 0 Å². The Morgan fingerprint density at radius 3 is 3.00 bits per heavy atom. The Kier molecular flexibility index (Phi) is 7.51. The predicted molar refractivity (Wildman–Crippen MR) is 86.3 cm³/mol. The molecule has 1 aliphatic heterocycles. The van der Waals surface area contributed by atoms with Crippen molar-refractivity contribution >= 4 is 39.9 Å². The number of piperidine rings is 1. The van der Waals surface area contributed by atoms with Gasteiger partial charge < -0.3 is 15.4 Å². The molecule has 0 bridgehead atoms. The third-order valence-electron chi connectivity index (χ3n) is 3.33. The van der Waals surface area contributed by atoms with Crippen LogP contribution >= 0.6 is 28.3 Å². The largest absolute Gasteiger partial charge is 0.380 e. The Balaban J connectivity index is 0.00000200. The van der Waals surface area contributed by atoms with Crippen molar-refractivity contribution in [2.24, 2.45) is 5.92 Å². The summed E-state index contributed by atoms with van der Waals surface area (Å²) in [6, 6.07) is 5.78. The zero-order valence-corrected chi connectivity index (χ0v) is 13.9. The molecule has 1 unspecified atom stereocenters. The minimum absolute atomic E-state index is 0. The van der Waals surface area contributed by atoms with Crippen molar-refractivity contribution in [2.45, 2.75) is 19.4 Å². The summed E-state index contributed by atoms with van der Waals surface area (Å²) in [5, 5.41) is 6.27. The van der Waals surface area contributed by atoms with Crippen LogP contribution in [0.15, 0.2) is 22.7 Å². The molecule has 112 valence electrons. The molecule has 0 radical (unpaired) electrons. The molecule has 20 heavy (non-hydrogen) atoms. The second-order valence-corrected chi connectivity index (χ2v) is 5.59. The average Bonchev–Trinajstić information content (AvgIpc) is 2.43. The quantitative estimate of drug-likeness (QED) is 0.865. The minimum atomic E-state index is 0. The predicted octanol–water partition coefficient (Wildman–Crippen LogP) is 2.96. The van der Waals surface area contributed by atoms with Crippen LogP contribution in [0.2, 0.25) is 0 Å². The zero-order valence-electron chi connectivity index (χ0n) is 11.4. The monoisotopic (exact) mass is 362 g/mol. The van der Waals surface area contributed by atoms with Crippen LogP contribution in [0.5, 0.6) is 0 Å². The third-order valence-corrected chi connectivity index (χ3v) is 4.08. The molecule has 2 rings (SSSR count). The number of rotatable bonds is 4. The van der Waals surface area contributed by atoms with Crippen LogP contribution in [0.25, 0.3) is 0 Å². The van der Waals surface area contributed by atoms with Gasteiger partial charge in [-0.2, -0.15) is 0 Å². The van der Waals surface area contributed by atoms with Gasteiger partial charge in [0, 0.05) is 29.4 Å². The van der Waals surface area contributed by atoms with Crippen molar-refractivity contribution in [3.05, 3.63) is 28.2 Å². The number of anilines is 1. The number of amides is 1. The summed E-state index contributed by atoms with van der Waals surface area (Å²) in [5.41, 5.74) is 1.80. The molecule has 1 heterocycles. The number of halogens is 2. The van der Waals surface area contributed by atoms with Gasteiger partial charge in [0.1, 0.15) is 0 Å². The zero-order chi connectivity index (χ0) is 13.7. The van der Waals surface area contributed by atoms with Crippen LogP contribution in [-0.4, -0.2) is 26.1 Å². The first-order valence-corrected chi connectivity index (χ1v) is 7.29. The summed E-state index contributed by atoms with van der Waals surface area (Å²) in [6.45, 7) is 2.25. The number of hydrogen-bond donors (Lipinski definition) is 2. The molecule has 0 spiro atoms. The lowest BCUT2D eigenvalue weighted by Crippen LogP contribution is -2.37. The number of hydrogen-bond acceptors (Lipinski definition) is 3. The number of methoxy groups -OCH3 is 1. The van der Waals surface area contributed by atoms with Crippen LogP contribution in [0.4, 0.5) is 5.69 Å². The number of carbonyl (C=O) groups excluding carboxylic acids is 1. The van der Waals surface area contributed by atoms with Gasteiger partial charge in [0.2, 0.25) is 5.91 Å². The molecule has 0 aromatic heterocycles. The second-order valence-electron chi connectivity index (χ2n) is 4.73. The molecular weight excluding hydrogens is 344 g/mol. The van der Waals surface area contributed by atoms with Gasteiger partial charge in [-0.1, -0.05) is 22.0 Å². The highest BCUT2D eigenvalue weighted by Gasteiger charge is 2.21. The first-order valence-electron chi connectivity index (χ1n) is 6.50.